The van der Waals surface area contributed by atoms with Crippen LogP contribution in [0.15, 0.2) is 0 Å². The third kappa shape index (κ3) is 3.46. The number of carbonyl (C=O) groups is 1. The summed E-state index contributed by atoms with van der Waals surface area (Å²) in [5.74, 6) is 1.16. The average molecular weight is 285 g/mol. The first-order chi connectivity index (χ1) is 9.19. The Kier molecular flexibility index (Phi) is 5.58. The van der Waals surface area contributed by atoms with Crippen LogP contribution in [0.4, 0.5) is 0 Å². The molecule has 2 unspecified atom stereocenters. The number of rotatable bonds is 4. The molecule has 0 aromatic rings. The van der Waals surface area contributed by atoms with E-state index in [9.17, 15) is 4.79 Å². The van der Waals surface area contributed by atoms with Gasteiger partial charge in [0.1, 0.15) is 0 Å². The Labute approximate surface area is 121 Å². The second-order valence-electron chi connectivity index (χ2n) is 5.75. The first-order valence-electron chi connectivity index (χ1n) is 7.71. The van der Waals surface area contributed by atoms with E-state index >= 15 is 0 Å². The Balaban J connectivity index is 2.11. The maximum absolute atomic E-state index is 12.0. The topological polar surface area (TPSA) is 29.5 Å². The summed E-state index contributed by atoms with van der Waals surface area (Å²) in [5, 5.41) is 0.537. The van der Waals surface area contributed by atoms with E-state index in [-0.39, 0.29) is 11.5 Å². The van der Waals surface area contributed by atoms with Crippen molar-refractivity contribution < 1.29 is 9.53 Å². The molecular formula is C15H27NO2S. The lowest BCUT2D eigenvalue weighted by molar-refractivity contribution is -0.146. The predicted molar refractivity (Wildman–Crippen MR) is 80.6 cm³/mol. The van der Waals surface area contributed by atoms with Crippen LogP contribution in [0.25, 0.3) is 0 Å². The molecule has 0 aliphatic carbocycles. The van der Waals surface area contributed by atoms with Crippen LogP contribution >= 0.6 is 11.8 Å². The third-order valence-electron chi connectivity index (χ3n) is 4.65. The maximum atomic E-state index is 12.0. The minimum atomic E-state index is -0.0129. The van der Waals surface area contributed by atoms with Crippen molar-refractivity contribution >= 4 is 17.7 Å². The molecule has 0 bridgehead atoms. The first-order valence-corrected chi connectivity index (χ1v) is 8.76. The van der Waals surface area contributed by atoms with Crippen molar-refractivity contribution in [3.63, 3.8) is 0 Å². The highest BCUT2D eigenvalue weighted by Crippen LogP contribution is 2.43. The van der Waals surface area contributed by atoms with E-state index < -0.39 is 0 Å². The summed E-state index contributed by atoms with van der Waals surface area (Å²) in [7, 11) is 0. The number of ether oxygens (including phenoxy) is 1. The number of esters is 1. The van der Waals surface area contributed by atoms with Gasteiger partial charge in [-0.3, -0.25) is 9.69 Å². The van der Waals surface area contributed by atoms with Crippen molar-refractivity contribution in [2.45, 2.75) is 63.2 Å². The van der Waals surface area contributed by atoms with E-state index in [1.165, 1.54) is 31.4 Å². The molecule has 3 nitrogen and oxygen atoms in total. The van der Waals surface area contributed by atoms with Crippen molar-refractivity contribution in [3.8, 4) is 0 Å². The molecule has 2 aliphatic heterocycles. The summed E-state index contributed by atoms with van der Waals surface area (Å²) in [6.45, 7) is 7.00. The lowest BCUT2D eigenvalue weighted by Gasteiger charge is -2.43. The van der Waals surface area contributed by atoms with E-state index in [0.717, 1.165) is 19.5 Å². The first kappa shape index (κ1) is 15.2. The number of hydrogen-bond donors (Lipinski definition) is 0. The Hall–Kier alpha value is -0.220. The van der Waals surface area contributed by atoms with E-state index in [1.807, 2.05) is 18.7 Å². The van der Waals surface area contributed by atoms with Crippen LogP contribution < -0.4 is 0 Å². The number of thioether (sulfide) groups is 1. The highest BCUT2D eigenvalue weighted by Gasteiger charge is 2.47. The molecule has 2 saturated heterocycles. The van der Waals surface area contributed by atoms with Gasteiger partial charge in [-0.2, -0.15) is 11.8 Å². The van der Waals surface area contributed by atoms with Crippen LogP contribution in [0.3, 0.4) is 0 Å². The van der Waals surface area contributed by atoms with Gasteiger partial charge in [0.2, 0.25) is 0 Å². The van der Waals surface area contributed by atoms with Gasteiger partial charge >= 0.3 is 5.97 Å². The number of nitrogens with zero attached hydrogens (tertiary/aromatic N) is 1. The average Bonchev–Trinajstić information content (AvgIpc) is 2.62. The van der Waals surface area contributed by atoms with E-state index in [4.69, 9.17) is 4.74 Å². The largest absolute Gasteiger partial charge is 0.466 e. The molecule has 0 radical (unpaired) electrons. The molecule has 2 heterocycles. The number of hydrogen-bond acceptors (Lipinski definition) is 4. The number of likely N-dealkylation sites (tertiary alicyclic amines) is 1. The second kappa shape index (κ2) is 6.98. The molecule has 0 spiro atoms. The predicted octanol–water partition coefficient (Wildman–Crippen LogP) is 3.08. The molecule has 0 aromatic heterocycles. The molecule has 4 heteroatoms. The lowest BCUT2D eigenvalue weighted by Crippen LogP contribution is -2.54. The van der Waals surface area contributed by atoms with Gasteiger partial charge in [-0.05, 0) is 45.0 Å². The minimum absolute atomic E-state index is 0.0129. The zero-order valence-electron chi connectivity index (χ0n) is 12.3. The van der Waals surface area contributed by atoms with E-state index in [0.29, 0.717) is 18.3 Å². The van der Waals surface area contributed by atoms with Crippen molar-refractivity contribution in [2.24, 2.45) is 0 Å². The van der Waals surface area contributed by atoms with Crippen molar-refractivity contribution in [3.05, 3.63) is 0 Å². The van der Waals surface area contributed by atoms with Crippen molar-refractivity contribution in [2.75, 3.05) is 25.4 Å². The Bertz CT molecular complexity index is 303. The highest BCUT2D eigenvalue weighted by molar-refractivity contribution is 8.00. The summed E-state index contributed by atoms with van der Waals surface area (Å²) < 4.78 is 5.22. The van der Waals surface area contributed by atoms with Crippen LogP contribution in [0.2, 0.25) is 0 Å². The molecule has 110 valence electrons. The van der Waals surface area contributed by atoms with Crippen LogP contribution in [0.5, 0.6) is 0 Å². The zero-order chi connectivity index (χ0) is 13.7. The molecule has 0 saturated carbocycles. The van der Waals surface area contributed by atoms with Gasteiger partial charge < -0.3 is 4.74 Å². The van der Waals surface area contributed by atoms with Gasteiger partial charge in [-0.25, -0.2) is 0 Å². The van der Waals surface area contributed by atoms with Crippen molar-refractivity contribution in [1.29, 1.82) is 0 Å². The summed E-state index contributed by atoms with van der Waals surface area (Å²) in [4.78, 5) is 14.6. The maximum Gasteiger partial charge on any atom is 0.307 e. The Morgan fingerprint density at radius 1 is 1.32 bits per heavy atom. The zero-order valence-corrected chi connectivity index (χ0v) is 13.1. The van der Waals surface area contributed by atoms with Crippen LogP contribution in [0.1, 0.15) is 52.4 Å². The molecule has 0 aromatic carbocycles. The second-order valence-corrected chi connectivity index (χ2v) is 7.20. The van der Waals surface area contributed by atoms with Crippen molar-refractivity contribution in [1.82, 2.24) is 4.90 Å². The van der Waals surface area contributed by atoms with Gasteiger partial charge in [-0.1, -0.05) is 19.8 Å². The molecule has 0 N–H and O–H groups in total. The van der Waals surface area contributed by atoms with E-state index in [1.54, 1.807) is 0 Å². The molecular weight excluding hydrogens is 258 g/mol. The third-order valence-corrected chi connectivity index (χ3v) is 6.03. The van der Waals surface area contributed by atoms with Gasteiger partial charge in [-0.15, -0.1) is 0 Å². The Morgan fingerprint density at radius 2 is 2.00 bits per heavy atom. The van der Waals surface area contributed by atoms with Gasteiger partial charge in [0.05, 0.1) is 13.0 Å². The molecule has 19 heavy (non-hydrogen) atoms. The fourth-order valence-corrected chi connectivity index (χ4v) is 4.99. The molecule has 2 rings (SSSR count). The molecule has 2 fully saturated rings. The Morgan fingerprint density at radius 3 is 2.53 bits per heavy atom. The highest BCUT2D eigenvalue weighted by atomic mass is 32.2. The monoisotopic (exact) mass is 285 g/mol. The molecule has 2 aliphatic rings. The molecule has 2 atom stereocenters. The summed E-state index contributed by atoms with van der Waals surface area (Å²) in [5.41, 5.74) is 0.0568. The SMILES string of the molecule is CCOC(=O)CC1(N2CCCCCC2)CCSC1C. The van der Waals surface area contributed by atoms with Gasteiger partial charge in [0.25, 0.3) is 0 Å². The van der Waals surface area contributed by atoms with Crippen LogP contribution in [-0.4, -0.2) is 47.1 Å². The minimum Gasteiger partial charge on any atom is -0.466 e. The van der Waals surface area contributed by atoms with Gasteiger partial charge in [0, 0.05) is 10.8 Å². The smallest absolute Gasteiger partial charge is 0.307 e. The fourth-order valence-electron chi connectivity index (χ4n) is 3.51. The lowest BCUT2D eigenvalue weighted by atomic mass is 9.86. The van der Waals surface area contributed by atoms with Crippen LogP contribution in [0, 0.1) is 0 Å². The summed E-state index contributed by atoms with van der Waals surface area (Å²) in [6, 6.07) is 0. The van der Waals surface area contributed by atoms with Crippen LogP contribution in [-0.2, 0) is 9.53 Å². The van der Waals surface area contributed by atoms with Gasteiger partial charge in [0.15, 0.2) is 0 Å². The standard InChI is InChI=1S/C15H27NO2S/c1-3-18-14(17)12-15(8-11-19-13(15)2)16-9-6-4-5-7-10-16/h13H,3-12H2,1-2H3. The summed E-state index contributed by atoms with van der Waals surface area (Å²) in [6.07, 6.45) is 6.96. The molecule has 0 amide bonds. The summed E-state index contributed by atoms with van der Waals surface area (Å²) >= 11 is 2.02. The number of carbonyl (C=O) groups excluding carboxylic acids is 1. The fraction of sp³-hybridized carbons (Fsp3) is 0.933. The van der Waals surface area contributed by atoms with E-state index in [2.05, 4.69) is 11.8 Å². The quantitative estimate of drug-likeness (QED) is 0.742. The normalized spacial score (nSPS) is 33.1.